The minimum atomic E-state index is -0.312. The van der Waals surface area contributed by atoms with Gasteiger partial charge in [-0.05, 0) is 66.5 Å². The monoisotopic (exact) mass is 445 g/mol. The molecule has 0 amide bonds. The number of aromatic nitrogens is 2. The van der Waals surface area contributed by atoms with Gasteiger partial charge in [0.05, 0.1) is 12.7 Å². The van der Waals surface area contributed by atoms with E-state index in [1.165, 1.54) is 39.5 Å². The van der Waals surface area contributed by atoms with Crippen molar-refractivity contribution in [2.75, 3.05) is 26.7 Å². The van der Waals surface area contributed by atoms with Crippen LogP contribution < -0.4 is 0 Å². The maximum atomic E-state index is 12.6. The van der Waals surface area contributed by atoms with E-state index in [0.717, 1.165) is 46.2 Å². The molecule has 0 N–H and O–H groups in total. The predicted octanol–water partition coefficient (Wildman–Crippen LogP) is 5.70. The topological polar surface area (TPSA) is 47.4 Å². The number of benzene rings is 1. The second kappa shape index (κ2) is 9.27. The van der Waals surface area contributed by atoms with Gasteiger partial charge in [-0.1, -0.05) is 12.5 Å². The molecule has 3 aromatic heterocycles. The molecule has 0 bridgehead atoms. The van der Waals surface area contributed by atoms with E-state index in [1.807, 2.05) is 24.5 Å². The fraction of sp³-hybridized carbons (Fsp3) is 0.308. The van der Waals surface area contributed by atoms with Crippen LogP contribution in [0.5, 0.6) is 0 Å². The molecule has 0 radical (unpaired) electrons. The van der Waals surface area contributed by atoms with E-state index in [4.69, 9.17) is 4.74 Å². The summed E-state index contributed by atoms with van der Waals surface area (Å²) in [5.74, 6) is -0.312. The van der Waals surface area contributed by atoms with E-state index in [2.05, 4.69) is 49.6 Å². The average Bonchev–Trinajstić information content (AvgIpc) is 3.51. The van der Waals surface area contributed by atoms with Crippen LogP contribution in [-0.4, -0.2) is 47.2 Å². The number of methoxy groups -OCH3 is 1. The van der Waals surface area contributed by atoms with Crippen LogP contribution in [0, 0.1) is 0 Å². The van der Waals surface area contributed by atoms with E-state index in [9.17, 15) is 4.79 Å². The standard InChI is InChI=1S/C26H27N3O2S/c1-31-26(30)22-6-5-7-24-25(22)23(17-29(24)12-11-28-9-3-2-4-10-28)21-14-20(15-27-16-21)19-8-13-32-18-19/h5-8,13-18H,2-4,9-12H2,1H3. The van der Waals surface area contributed by atoms with Crippen molar-refractivity contribution in [1.82, 2.24) is 14.5 Å². The first-order valence-electron chi connectivity index (χ1n) is 11.1. The third kappa shape index (κ3) is 4.08. The number of nitrogens with zero attached hydrogens (tertiary/aromatic N) is 3. The maximum Gasteiger partial charge on any atom is 0.338 e. The lowest BCUT2D eigenvalue weighted by molar-refractivity contribution is 0.0603. The highest BCUT2D eigenvalue weighted by Gasteiger charge is 2.20. The molecule has 1 saturated heterocycles. The minimum Gasteiger partial charge on any atom is -0.465 e. The number of carbonyl (C=O) groups excluding carboxylic acids is 1. The summed E-state index contributed by atoms with van der Waals surface area (Å²) in [5, 5.41) is 5.13. The second-order valence-corrected chi connectivity index (χ2v) is 9.08. The van der Waals surface area contributed by atoms with Crippen molar-refractivity contribution in [1.29, 1.82) is 0 Å². The van der Waals surface area contributed by atoms with Gasteiger partial charge in [0, 0.05) is 59.3 Å². The molecule has 0 aliphatic carbocycles. The lowest BCUT2D eigenvalue weighted by atomic mass is 10.00. The van der Waals surface area contributed by atoms with Crippen molar-refractivity contribution < 1.29 is 9.53 Å². The van der Waals surface area contributed by atoms with Gasteiger partial charge in [0.25, 0.3) is 0 Å². The zero-order valence-electron chi connectivity index (χ0n) is 18.3. The molecule has 1 aromatic carbocycles. The lowest BCUT2D eigenvalue weighted by Gasteiger charge is -2.26. The van der Waals surface area contributed by atoms with Crippen molar-refractivity contribution in [3.63, 3.8) is 0 Å². The second-order valence-electron chi connectivity index (χ2n) is 8.30. The van der Waals surface area contributed by atoms with Gasteiger partial charge >= 0.3 is 5.97 Å². The van der Waals surface area contributed by atoms with Crippen molar-refractivity contribution in [3.8, 4) is 22.3 Å². The Kier molecular flexibility index (Phi) is 6.06. The molecule has 5 rings (SSSR count). The van der Waals surface area contributed by atoms with Crippen molar-refractivity contribution in [3.05, 3.63) is 65.2 Å². The van der Waals surface area contributed by atoms with Crippen LogP contribution in [0.3, 0.4) is 0 Å². The third-order valence-corrected chi connectivity index (χ3v) is 7.00. The normalized spacial score (nSPS) is 14.7. The van der Waals surface area contributed by atoms with Gasteiger partial charge in [0.15, 0.2) is 0 Å². The quantitative estimate of drug-likeness (QED) is 0.357. The highest BCUT2D eigenvalue weighted by atomic mass is 32.1. The Hall–Kier alpha value is -2.96. The number of hydrogen-bond acceptors (Lipinski definition) is 5. The van der Waals surface area contributed by atoms with Gasteiger partial charge in [-0.25, -0.2) is 4.79 Å². The number of thiophene rings is 1. The predicted molar refractivity (Wildman–Crippen MR) is 130 cm³/mol. The van der Waals surface area contributed by atoms with Crippen LogP contribution in [0.1, 0.15) is 29.6 Å². The van der Waals surface area contributed by atoms with Gasteiger partial charge in [-0.2, -0.15) is 11.3 Å². The number of pyridine rings is 1. The van der Waals surface area contributed by atoms with E-state index in [1.54, 1.807) is 11.3 Å². The van der Waals surface area contributed by atoms with Crippen LogP contribution >= 0.6 is 11.3 Å². The number of fused-ring (bicyclic) bond motifs is 1. The number of rotatable bonds is 6. The van der Waals surface area contributed by atoms with Crippen molar-refractivity contribution >= 4 is 28.2 Å². The summed E-state index contributed by atoms with van der Waals surface area (Å²) < 4.78 is 7.39. The van der Waals surface area contributed by atoms with Crippen molar-refractivity contribution in [2.45, 2.75) is 25.8 Å². The Morgan fingerprint density at radius 1 is 1.06 bits per heavy atom. The smallest absolute Gasteiger partial charge is 0.338 e. The van der Waals surface area contributed by atoms with Crippen LogP contribution in [0.15, 0.2) is 59.7 Å². The Balaban J connectivity index is 1.59. The number of ether oxygens (including phenoxy) is 1. The number of piperidine rings is 1. The summed E-state index contributed by atoms with van der Waals surface area (Å²) in [7, 11) is 1.44. The molecule has 0 saturated carbocycles. The summed E-state index contributed by atoms with van der Waals surface area (Å²) in [6.45, 7) is 4.25. The minimum absolute atomic E-state index is 0.312. The molecular weight excluding hydrogens is 418 g/mol. The van der Waals surface area contributed by atoms with Gasteiger partial charge in [0.2, 0.25) is 0 Å². The zero-order valence-corrected chi connectivity index (χ0v) is 19.1. The summed E-state index contributed by atoms with van der Waals surface area (Å²) >= 11 is 1.67. The molecule has 6 heteroatoms. The Bertz CT molecular complexity index is 1220. The summed E-state index contributed by atoms with van der Waals surface area (Å²) in [5.41, 5.74) is 5.91. The number of carbonyl (C=O) groups is 1. The molecule has 1 aliphatic rings. The van der Waals surface area contributed by atoms with Gasteiger partial charge in [0.1, 0.15) is 0 Å². The molecule has 5 nitrogen and oxygen atoms in total. The third-order valence-electron chi connectivity index (χ3n) is 6.32. The fourth-order valence-corrected chi connectivity index (χ4v) is 5.31. The van der Waals surface area contributed by atoms with E-state index in [0.29, 0.717) is 5.56 Å². The fourth-order valence-electron chi connectivity index (χ4n) is 4.64. The molecule has 32 heavy (non-hydrogen) atoms. The molecular formula is C26H27N3O2S. The number of esters is 1. The van der Waals surface area contributed by atoms with Gasteiger partial charge < -0.3 is 14.2 Å². The maximum absolute atomic E-state index is 12.6. The first kappa shape index (κ1) is 20.9. The van der Waals surface area contributed by atoms with Gasteiger partial charge in [-0.15, -0.1) is 0 Å². The highest BCUT2D eigenvalue weighted by Crippen LogP contribution is 2.35. The molecule has 164 valence electrons. The first-order valence-corrected chi connectivity index (χ1v) is 12.1. The highest BCUT2D eigenvalue weighted by molar-refractivity contribution is 7.08. The van der Waals surface area contributed by atoms with Crippen molar-refractivity contribution in [2.24, 2.45) is 0 Å². The SMILES string of the molecule is COC(=O)c1cccc2c1c(-c1cncc(-c3ccsc3)c1)cn2CCN1CCCCC1. The number of hydrogen-bond donors (Lipinski definition) is 0. The summed E-state index contributed by atoms with van der Waals surface area (Å²) in [4.78, 5) is 19.7. The molecule has 0 unspecified atom stereocenters. The molecule has 0 atom stereocenters. The molecule has 0 spiro atoms. The summed E-state index contributed by atoms with van der Waals surface area (Å²) in [6, 6.07) is 10.1. The largest absolute Gasteiger partial charge is 0.465 e. The van der Waals surface area contributed by atoms with Crippen LogP contribution in [-0.2, 0) is 11.3 Å². The first-order chi connectivity index (χ1) is 15.7. The number of likely N-dealkylation sites (tertiary alicyclic amines) is 1. The summed E-state index contributed by atoms with van der Waals surface area (Å²) in [6.07, 6.45) is 9.85. The Morgan fingerprint density at radius 2 is 1.91 bits per heavy atom. The van der Waals surface area contributed by atoms with E-state index < -0.39 is 0 Å². The lowest BCUT2D eigenvalue weighted by Crippen LogP contribution is -2.32. The van der Waals surface area contributed by atoms with Crippen LogP contribution in [0.4, 0.5) is 0 Å². The molecule has 1 fully saturated rings. The Labute approximate surface area is 192 Å². The molecule has 1 aliphatic heterocycles. The molecule has 4 aromatic rings. The van der Waals surface area contributed by atoms with Crippen LogP contribution in [0.2, 0.25) is 0 Å². The van der Waals surface area contributed by atoms with Gasteiger partial charge in [-0.3, -0.25) is 4.98 Å². The Morgan fingerprint density at radius 3 is 2.69 bits per heavy atom. The molecule has 4 heterocycles. The zero-order chi connectivity index (χ0) is 21.9. The van der Waals surface area contributed by atoms with E-state index in [-0.39, 0.29) is 5.97 Å². The average molecular weight is 446 g/mol. The van der Waals surface area contributed by atoms with Crippen LogP contribution in [0.25, 0.3) is 33.2 Å². The van der Waals surface area contributed by atoms with E-state index >= 15 is 0 Å².